The highest BCUT2D eigenvalue weighted by Crippen LogP contribution is 2.26. The largest absolute Gasteiger partial charge is 0.355 e. The second kappa shape index (κ2) is 3.58. The van der Waals surface area contributed by atoms with Gasteiger partial charge < -0.3 is 4.90 Å². The lowest BCUT2D eigenvalue weighted by molar-refractivity contribution is 0.443. The molecule has 1 saturated heterocycles. The van der Waals surface area contributed by atoms with Crippen molar-refractivity contribution in [3.63, 3.8) is 0 Å². The van der Waals surface area contributed by atoms with E-state index in [2.05, 4.69) is 38.8 Å². The highest BCUT2D eigenvalue weighted by molar-refractivity contribution is 9.10. The number of hydrogen-bond acceptors (Lipinski definition) is 3. The number of rotatable bonds is 1. The lowest BCUT2D eigenvalue weighted by Crippen LogP contribution is -2.46. The van der Waals surface area contributed by atoms with Crippen LogP contribution < -0.4 is 4.90 Å². The van der Waals surface area contributed by atoms with Gasteiger partial charge in [-0.3, -0.25) is 0 Å². The van der Waals surface area contributed by atoms with Gasteiger partial charge in [0.15, 0.2) is 0 Å². The van der Waals surface area contributed by atoms with E-state index in [0.29, 0.717) is 11.5 Å². The van der Waals surface area contributed by atoms with E-state index in [9.17, 15) is 0 Å². The highest BCUT2D eigenvalue weighted by Gasteiger charge is 2.25. The molecule has 0 aromatic carbocycles. The summed E-state index contributed by atoms with van der Waals surface area (Å²) < 4.78 is 0.853. The van der Waals surface area contributed by atoms with Crippen molar-refractivity contribution in [3.05, 3.63) is 22.3 Å². The van der Waals surface area contributed by atoms with Crippen molar-refractivity contribution in [2.45, 2.75) is 6.92 Å². The Kier molecular flexibility index (Phi) is 2.42. The van der Waals surface area contributed by atoms with Crippen LogP contribution in [-0.4, -0.2) is 18.1 Å². The second-order valence-corrected chi connectivity index (χ2v) is 4.56. The van der Waals surface area contributed by atoms with Gasteiger partial charge in [-0.05, 0) is 27.9 Å². The van der Waals surface area contributed by atoms with Gasteiger partial charge in [0.25, 0.3) is 0 Å². The van der Waals surface area contributed by atoms with Gasteiger partial charge in [-0.15, -0.1) is 0 Å². The quantitative estimate of drug-likeness (QED) is 0.769. The van der Waals surface area contributed by atoms with Crippen molar-refractivity contribution in [2.24, 2.45) is 5.92 Å². The number of anilines is 1. The van der Waals surface area contributed by atoms with Crippen LogP contribution in [0.15, 0.2) is 16.7 Å². The fourth-order valence-electron chi connectivity index (χ4n) is 1.64. The summed E-state index contributed by atoms with van der Waals surface area (Å²) in [5, 5.41) is 8.94. The third-order valence-electron chi connectivity index (χ3n) is 2.32. The SMILES string of the molecule is CC1CN(c2ncc(Br)cc2C#N)C1. The standard InChI is InChI=1S/C10H10BrN3/c1-7-5-14(6-7)10-8(3-12)2-9(11)4-13-10/h2,4,7H,5-6H2,1H3. The van der Waals surface area contributed by atoms with E-state index >= 15 is 0 Å². The molecule has 0 N–H and O–H groups in total. The van der Waals surface area contributed by atoms with Gasteiger partial charge >= 0.3 is 0 Å². The van der Waals surface area contributed by atoms with E-state index < -0.39 is 0 Å². The van der Waals surface area contributed by atoms with Crippen molar-refractivity contribution in [2.75, 3.05) is 18.0 Å². The Morgan fingerprint density at radius 2 is 2.36 bits per heavy atom. The number of nitriles is 1. The maximum atomic E-state index is 8.94. The molecule has 1 aromatic heterocycles. The zero-order chi connectivity index (χ0) is 10.1. The Morgan fingerprint density at radius 1 is 1.64 bits per heavy atom. The van der Waals surface area contributed by atoms with Gasteiger partial charge in [0.1, 0.15) is 11.9 Å². The molecule has 2 rings (SSSR count). The molecule has 3 nitrogen and oxygen atoms in total. The van der Waals surface area contributed by atoms with Crippen LogP contribution in [0.3, 0.4) is 0 Å². The molecule has 0 amide bonds. The zero-order valence-electron chi connectivity index (χ0n) is 7.87. The van der Waals surface area contributed by atoms with Crippen LogP contribution in [0.4, 0.5) is 5.82 Å². The zero-order valence-corrected chi connectivity index (χ0v) is 9.45. The summed E-state index contributed by atoms with van der Waals surface area (Å²) in [5.74, 6) is 1.53. The summed E-state index contributed by atoms with van der Waals surface area (Å²) in [6.45, 7) is 4.20. The molecule has 72 valence electrons. The van der Waals surface area contributed by atoms with Crippen LogP contribution in [-0.2, 0) is 0 Å². The summed E-state index contributed by atoms with van der Waals surface area (Å²) in [6.07, 6.45) is 1.74. The average molecular weight is 252 g/mol. The number of pyridine rings is 1. The Bertz CT molecular complexity index is 391. The molecule has 0 unspecified atom stereocenters. The van der Waals surface area contributed by atoms with Gasteiger partial charge in [0.05, 0.1) is 5.56 Å². The fourth-order valence-corrected chi connectivity index (χ4v) is 1.97. The number of halogens is 1. The Morgan fingerprint density at radius 3 is 2.93 bits per heavy atom. The van der Waals surface area contributed by atoms with E-state index in [1.165, 1.54) is 0 Å². The third-order valence-corrected chi connectivity index (χ3v) is 2.75. The number of hydrogen-bond donors (Lipinski definition) is 0. The van der Waals surface area contributed by atoms with Crippen molar-refractivity contribution in [1.82, 2.24) is 4.98 Å². The average Bonchev–Trinajstić information content (AvgIpc) is 2.13. The van der Waals surface area contributed by atoms with Gasteiger partial charge in [-0.25, -0.2) is 4.98 Å². The third kappa shape index (κ3) is 1.60. The monoisotopic (exact) mass is 251 g/mol. The molecule has 1 aliphatic rings. The van der Waals surface area contributed by atoms with Gasteiger partial charge in [0.2, 0.25) is 0 Å². The first-order chi connectivity index (χ1) is 6.70. The van der Waals surface area contributed by atoms with Crippen LogP contribution in [0, 0.1) is 17.2 Å². The molecule has 4 heteroatoms. The second-order valence-electron chi connectivity index (χ2n) is 3.65. The Labute approximate surface area is 91.5 Å². The topological polar surface area (TPSA) is 39.9 Å². The molecular weight excluding hydrogens is 242 g/mol. The van der Waals surface area contributed by atoms with Crippen LogP contribution in [0.5, 0.6) is 0 Å². The molecule has 0 atom stereocenters. The van der Waals surface area contributed by atoms with Gasteiger partial charge in [-0.1, -0.05) is 6.92 Å². The first-order valence-corrected chi connectivity index (χ1v) is 5.30. The smallest absolute Gasteiger partial charge is 0.146 e. The normalized spacial score (nSPS) is 16.2. The summed E-state index contributed by atoms with van der Waals surface area (Å²) >= 11 is 3.31. The van der Waals surface area contributed by atoms with E-state index in [-0.39, 0.29) is 0 Å². The molecule has 0 radical (unpaired) electrons. The van der Waals surface area contributed by atoms with E-state index in [1.54, 1.807) is 6.20 Å². The summed E-state index contributed by atoms with van der Waals surface area (Å²) in [7, 11) is 0. The minimum Gasteiger partial charge on any atom is -0.355 e. The maximum Gasteiger partial charge on any atom is 0.146 e. The molecule has 1 aromatic rings. The lowest BCUT2D eigenvalue weighted by atomic mass is 10.0. The van der Waals surface area contributed by atoms with E-state index in [4.69, 9.17) is 5.26 Å². The molecule has 0 aliphatic carbocycles. The summed E-state index contributed by atoms with van der Waals surface area (Å²) in [4.78, 5) is 6.40. The van der Waals surface area contributed by atoms with Crippen LogP contribution in [0.2, 0.25) is 0 Å². The molecular formula is C10H10BrN3. The van der Waals surface area contributed by atoms with Crippen molar-refractivity contribution >= 4 is 21.7 Å². The molecule has 0 saturated carbocycles. The fraction of sp³-hybridized carbons (Fsp3) is 0.400. The van der Waals surface area contributed by atoms with Crippen molar-refractivity contribution in [1.29, 1.82) is 5.26 Å². The van der Waals surface area contributed by atoms with Gasteiger partial charge in [-0.2, -0.15) is 5.26 Å². The molecule has 1 aliphatic heterocycles. The van der Waals surface area contributed by atoms with E-state index in [1.807, 2.05) is 6.07 Å². The van der Waals surface area contributed by atoms with Gasteiger partial charge in [0, 0.05) is 23.8 Å². The van der Waals surface area contributed by atoms with E-state index in [0.717, 1.165) is 23.4 Å². The summed E-state index contributed by atoms with van der Waals surface area (Å²) in [6, 6.07) is 3.98. The predicted molar refractivity (Wildman–Crippen MR) is 58.0 cm³/mol. The number of aromatic nitrogens is 1. The molecule has 0 bridgehead atoms. The van der Waals surface area contributed by atoms with Crippen LogP contribution in [0.1, 0.15) is 12.5 Å². The van der Waals surface area contributed by atoms with Crippen molar-refractivity contribution < 1.29 is 0 Å². The first kappa shape index (κ1) is 9.47. The highest BCUT2D eigenvalue weighted by atomic mass is 79.9. The Hall–Kier alpha value is -1.08. The lowest BCUT2D eigenvalue weighted by Gasteiger charge is -2.38. The van der Waals surface area contributed by atoms with Crippen molar-refractivity contribution in [3.8, 4) is 6.07 Å². The minimum atomic E-state index is 0.645. The first-order valence-electron chi connectivity index (χ1n) is 4.51. The summed E-state index contributed by atoms with van der Waals surface area (Å²) in [5.41, 5.74) is 0.645. The molecule has 14 heavy (non-hydrogen) atoms. The molecule has 2 heterocycles. The predicted octanol–water partition coefficient (Wildman–Crippen LogP) is 2.17. The van der Waals surface area contributed by atoms with Crippen LogP contribution >= 0.6 is 15.9 Å². The molecule has 1 fully saturated rings. The minimum absolute atomic E-state index is 0.645. The molecule has 0 spiro atoms. The maximum absolute atomic E-state index is 8.94. The number of nitrogens with zero attached hydrogens (tertiary/aromatic N) is 3. The van der Waals surface area contributed by atoms with Crippen LogP contribution in [0.25, 0.3) is 0 Å². The Balaban J connectivity index is 2.30.